The molecule has 0 radical (unpaired) electrons. The van der Waals surface area contributed by atoms with Gasteiger partial charge in [0.2, 0.25) is 0 Å². The van der Waals surface area contributed by atoms with Crippen molar-refractivity contribution in [2.24, 2.45) is 0 Å². The fourth-order valence-electron chi connectivity index (χ4n) is 1.83. The third kappa shape index (κ3) is 5.21. The molecule has 1 rings (SSSR count). The predicted octanol–water partition coefficient (Wildman–Crippen LogP) is 2.33. The van der Waals surface area contributed by atoms with Gasteiger partial charge in [0.25, 0.3) is 10.1 Å². The van der Waals surface area contributed by atoms with E-state index >= 15 is 0 Å². The van der Waals surface area contributed by atoms with Crippen LogP contribution in [0.5, 0.6) is 0 Å². The van der Waals surface area contributed by atoms with Gasteiger partial charge in [0, 0.05) is 16.4 Å². The Morgan fingerprint density at radius 3 is 2.22 bits per heavy atom. The molecule has 0 aliphatic heterocycles. The smallest absolute Gasteiger partial charge is 0.294 e. The van der Waals surface area contributed by atoms with Crippen LogP contribution in [0.4, 0.5) is 0 Å². The molecule has 0 unspecified atom stereocenters. The summed E-state index contributed by atoms with van der Waals surface area (Å²) in [7, 11) is 0.228. The zero-order chi connectivity index (χ0) is 13.8. The number of hydrogen-bond acceptors (Lipinski definition) is 2. The first-order valence-corrected chi connectivity index (χ1v) is 8.65. The summed E-state index contributed by atoms with van der Waals surface area (Å²) in [5, 5.41) is 0. The number of rotatable bonds is 6. The second-order valence-corrected chi connectivity index (χ2v) is 7.48. The molecule has 0 heterocycles. The molecule has 0 aliphatic rings. The van der Waals surface area contributed by atoms with E-state index in [9.17, 15) is 8.42 Å². The van der Waals surface area contributed by atoms with Crippen LogP contribution in [0, 0.1) is 0 Å². The third-order valence-corrected chi connectivity index (χ3v) is 4.36. The highest BCUT2D eigenvalue weighted by molar-refractivity contribution is 14.1. The Balaban J connectivity index is 2.75. The van der Waals surface area contributed by atoms with Crippen molar-refractivity contribution in [3.63, 3.8) is 0 Å². The van der Waals surface area contributed by atoms with Gasteiger partial charge in [-0.05, 0) is 12.1 Å². The molecule has 4 nitrogen and oxygen atoms in total. The molecular formula is C12H19INO3S+. The number of nitrogens with zero attached hydrogens (tertiary/aromatic N) is 1. The van der Waals surface area contributed by atoms with Crippen LogP contribution in [-0.2, 0) is 16.7 Å². The topological polar surface area (TPSA) is 54.4 Å². The predicted molar refractivity (Wildman–Crippen MR) is 80.4 cm³/mol. The van der Waals surface area contributed by atoms with Crippen molar-refractivity contribution >= 4 is 32.7 Å². The van der Waals surface area contributed by atoms with Gasteiger partial charge >= 0.3 is 0 Å². The molecule has 1 N–H and O–H groups in total. The van der Waals surface area contributed by atoms with Gasteiger partial charge in [-0.2, -0.15) is 8.42 Å². The van der Waals surface area contributed by atoms with Gasteiger partial charge in [-0.15, -0.1) is 0 Å². The molecular weight excluding hydrogens is 365 g/mol. The fraction of sp³-hybridized carbons (Fsp3) is 0.500. The van der Waals surface area contributed by atoms with Crippen LogP contribution in [-0.4, -0.2) is 42.5 Å². The van der Waals surface area contributed by atoms with Gasteiger partial charge in [0.05, 0.1) is 25.5 Å². The molecule has 0 spiro atoms. The monoisotopic (exact) mass is 384 g/mol. The highest BCUT2D eigenvalue weighted by atomic mass is 127. The largest absolute Gasteiger partial charge is 0.325 e. The van der Waals surface area contributed by atoms with Crippen molar-refractivity contribution in [1.82, 2.24) is 0 Å². The van der Waals surface area contributed by atoms with E-state index < -0.39 is 10.1 Å². The van der Waals surface area contributed by atoms with Crippen molar-refractivity contribution < 1.29 is 17.5 Å². The van der Waals surface area contributed by atoms with E-state index in [1.54, 1.807) is 12.1 Å². The summed E-state index contributed by atoms with van der Waals surface area (Å²) < 4.78 is 32.7. The minimum atomic E-state index is -4.08. The zero-order valence-corrected chi connectivity index (χ0v) is 13.6. The quantitative estimate of drug-likeness (QED) is 0.355. The maximum atomic E-state index is 10.9. The van der Waals surface area contributed by atoms with E-state index in [0.29, 0.717) is 0 Å². The van der Waals surface area contributed by atoms with E-state index in [1.165, 1.54) is 12.1 Å². The number of alkyl halides is 1. The van der Waals surface area contributed by atoms with Crippen LogP contribution in [0.1, 0.15) is 12.0 Å². The van der Waals surface area contributed by atoms with Crippen molar-refractivity contribution in [3.8, 4) is 0 Å². The van der Waals surface area contributed by atoms with Gasteiger partial charge in [0.15, 0.2) is 0 Å². The minimum Gasteiger partial charge on any atom is -0.325 e. The number of benzene rings is 1. The highest BCUT2D eigenvalue weighted by Crippen LogP contribution is 2.14. The molecule has 0 bridgehead atoms. The Labute approximate surface area is 122 Å². The van der Waals surface area contributed by atoms with Crippen LogP contribution in [0.25, 0.3) is 0 Å². The van der Waals surface area contributed by atoms with Gasteiger partial charge in [-0.25, -0.2) is 0 Å². The first-order chi connectivity index (χ1) is 8.24. The Morgan fingerprint density at radius 2 is 1.78 bits per heavy atom. The maximum absolute atomic E-state index is 10.9. The summed E-state index contributed by atoms with van der Waals surface area (Å²) >= 11 is 2.37. The van der Waals surface area contributed by atoms with E-state index in [0.717, 1.165) is 34.0 Å². The first kappa shape index (κ1) is 15.9. The molecule has 0 saturated heterocycles. The first-order valence-electron chi connectivity index (χ1n) is 5.69. The summed E-state index contributed by atoms with van der Waals surface area (Å²) in [4.78, 5) is -0.0520. The second kappa shape index (κ2) is 6.31. The summed E-state index contributed by atoms with van der Waals surface area (Å²) in [6, 6.07) is 6.41. The molecule has 0 fully saturated rings. The number of hydrogen-bond donors (Lipinski definition) is 1. The Kier molecular flexibility index (Phi) is 5.57. The maximum Gasteiger partial charge on any atom is 0.294 e. The van der Waals surface area contributed by atoms with Crippen LogP contribution >= 0.6 is 22.6 Å². The summed E-state index contributed by atoms with van der Waals surface area (Å²) in [5.41, 5.74) is 1.07. The van der Waals surface area contributed by atoms with Crippen LogP contribution < -0.4 is 0 Å². The van der Waals surface area contributed by atoms with Crippen LogP contribution in [0.2, 0.25) is 0 Å². The summed E-state index contributed by atoms with van der Waals surface area (Å²) in [6.45, 7) is 1.94. The zero-order valence-electron chi connectivity index (χ0n) is 10.6. The fourth-order valence-corrected chi connectivity index (χ4v) is 2.65. The molecule has 0 amide bonds. The molecule has 0 aliphatic carbocycles. The number of quaternary nitrogens is 1. The summed E-state index contributed by atoms with van der Waals surface area (Å²) in [5.74, 6) is 0. The standard InChI is InChI=1S/C12H18INO3S/c1-14(2,9-3-8-13)10-11-4-6-12(7-5-11)18(15,16)17/h4-7H,3,8-10H2,1-2H3/p+1. The van der Waals surface area contributed by atoms with Gasteiger partial charge in [0.1, 0.15) is 6.54 Å². The molecule has 0 aromatic heterocycles. The molecule has 6 heteroatoms. The average molecular weight is 384 g/mol. The molecule has 102 valence electrons. The van der Waals surface area contributed by atoms with Crippen molar-refractivity contribution in [2.45, 2.75) is 17.9 Å². The lowest BCUT2D eigenvalue weighted by molar-refractivity contribution is -0.903. The van der Waals surface area contributed by atoms with Gasteiger partial charge < -0.3 is 4.48 Å². The molecule has 0 saturated carbocycles. The molecule has 1 aromatic carbocycles. The van der Waals surface area contributed by atoms with Crippen molar-refractivity contribution in [2.75, 3.05) is 25.1 Å². The van der Waals surface area contributed by atoms with E-state index in [2.05, 4.69) is 36.7 Å². The molecule has 1 aromatic rings. The summed E-state index contributed by atoms with van der Waals surface area (Å²) in [6.07, 6.45) is 1.16. The van der Waals surface area contributed by atoms with E-state index in [4.69, 9.17) is 4.55 Å². The molecule has 0 atom stereocenters. The lowest BCUT2D eigenvalue weighted by Crippen LogP contribution is -2.39. The minimum absolute atomic E-state index is 0.0520. The number of halogens is 1. The normalized spacial score (nSPS) is 12.7. The van der Waals surface area contributed by atoms with Gasteiger partial charge in [-0.1, -0.05) is 34.7 Å². The Hall–Kier alpha value is -0.180. The van der Waals surface area contributed by atoms with Gasteiger partial charge in [-0.3, -0.25) is 4.55 Å². The highest BCUT2D eigenvalue weighted by Gasteiger charge is 2.16. The van der Waals surface area contributed by atoms with E-state index in [1.807, 2.05) is 0 Å². The SMILES string of the molecule is C[N+](C)(CCCI)Cc1ccc(S(=O)(=O)O)cc1. The Morgan fingerprint density at radius 1 is 1.22 bits per heavy atom. The average Bonchev–Trinajstić information content (AvgIpc) is 2.25. The molecule has 18 heavy (non-hydrogen) atoms. The Bertz CT molecular complexity index is 483. The lowest BCUT2D eigenvalue weighted by Gasteiger charge is -2.29. The second-order valence-electron chi connectivity index (χ2n) is 4.98. The van der Waals surface area contributed by atoms with Crippen molar-refractivity contribution in [1.29, 1.82) is 0 Å². The van der Waals surface area contributed by atoms with E-state index in [-0.39, 0.29) is 4.90 Å². The third-order valence-electron chi connectivity index (χ3n) is 2.73. The van der Waals surface area contributed by atoms with Crippen LogP contribution in [0.3, 0.4) is 0 Å². The van der Waals surface area contributed by atoms with Crippen molar-refractivity contribution in [3.05, 3.63) is 29.8 Å². The lowest BCUT2D eigenvalue weighted by atomic mass is 10.2. The van der Waals surface area contributed by atoms with Crippen LogP contribution in [0.15, 0.2) is 29.2 Å².